The Morgan fingerprint density at radius 3 is 2.28 bits per heavy atom. The Hall–Kier alpha value is -3.81. The van der Waals surface area contributed by atoms with Crippen LogP contribution in [0.5, 0.6) is 11.5 Å². The van der Waals surface area contributed by atoms with Crippen molar-refractivity contribution in [2.45, 2.75) is 19.6 Å². The molecular weight excluding hydrogens is 421 g/mol. The molecule has 0 atom stereocenters. The van der Waals surface area contributed by atoms with Gasteiger partial charge in [-0.05, 0) is 48.0 Å². The molecule has 0 aliphatic rings. The number of carbonyl (C=O) groups is 2. The summed E-state index contributed by atoms with van der Waals surface area (Å²) in [5.74, 6) is -0.292. The molecule has 0 aliphatic heterocycles. The van der Waals surface area contributed by atoms with Gasteiger partial charge in [0, 0.05) is 31.8 Å². The van der Waals surface area contributed by atoms with E-state index in [0.717, 1.165) is 17.7 Å². The average molecular weight is 442 g/mol. The molecule has 5 nitrogen and oxygen atoms in total. The second kappa shape index (κ2) is 9.55. The SMILES string of the molecule is CC(=O)N(C)Cc1ccccc1NC(=O)c1cccc(Oc2cccc(C(F)(F)F)c2)c1. The van der Waals surface area contributed by atoms with Gasteiger partial charge in [0.05, 0.1) is 5.56 Å². The van der Waals surface area contributed by atoms with Crippen LogP contribution in [0.3, 0.4) is 0 Å². The third-order valence-corrected chi connectivity index (χ3v) is 4.70. The lowest BCUT2D eigenvalue weighted by Crippen LogP contribution is -2.24. The summed E-state index contributed by atoms with van der Waals surface area (Å²) in [5.41, 5.74) is 0.755. The van der Waals surface area contributed by atoms with Gasteiger partial charge in [0.1, 0.15) is 11.5 Å². The summed E-state index contributed by atoms with van der Waals surface area (Å²) < 4.78 is 44.3. The van der Waals surface area contributed by atoms with Crippen molar-refractivity contribution in [1.82, 2.24) is 4.90 Å². The predicted octanol–water partition coefficient (Wildman–Crippen LogP) is 5.73. The Balaban J connectivity index is 1.76. The van der Waals surface area contributed by atoms with Crippen LogP contribution in [0, 0.1) is 0 Å². The molecule has 0 fully saturated rings. The van der Waals surface area contributed by atoms with Crippen LogP contribution in [-0.4, -0.2) is 23.8 Å². The highest BCUT2D eigenvalue weighted by atomic mass is 19.4. The molecule has 0 saturated heterocycles. The zero-order valence-electron chi connectivity index (χ0n) is 17.4. The third kappa shape index (κ3) is 5.87. The highest BCUT2D eigenvalue weighted by Crippen LogP contribution is 2.33. The summed E-state index contributed by atoms with van der Waals surface area (Å²) in [5, 5.41) is 2.81. The van der Waals surface area contributed by atoms with Gasteiger partial charge in [-0.25, -0.2) is 0 Å². The summed E-state index contributed by atoms with van der Waals surface area (Å²) in [4.78, 5) is 25.8. The van der Waals surface area contributed by atoms with Crippen molar-refractivity contribution in [3.05, 3.63) is 89.5 Å². The molecular formula is C24H21F3N2O3. The lowest BCUT2D eigenvalue weighted by atomic mass is 10.1. The van der Waals surface area contributed by atoms with Crippen molar-refractivity contribution in [3.8, 4) is 11.5 Å². The number of alkyl halides is 3. The Labute approximate surface area is 183 Å². The number of amides is 2. The van der Waals surface area contributed by atoms with Gasteiger partial charge in [0.25, 0.3) is 5.91 Å². The van der Waals surface area contributed by atoms with E-state index in [2.05, 4.69) is 5.32 Å². The molecule has 0 aromatic heterocycles. The van der Waals surface area contributed by atoms with Crippen molar-refractivity contribution in [2.24, 2.45) is 0 Å². The third-order valence-electron chi connectivity index (χ3n) is 4.70. The predicted molar refractivity (Wildman–Crippen MR) is 115 cm³/mol. The molecule has 166 valence electrons. The first kappa shape index (κ1) is 22.9. The number of hydrogen-bond donors (Lipinski definition) is 1. The molecule has 0 spiro atoms. The zero-order chi connectivity index (χ0) is 23.3. The lowest BCUT2D eigenvalue weighted by molar-refractivity contribution is -0.137. The van der Waals surface area contributed by atoms with E-state index in [0.29, 0.717) is 12.2 Å². The number of anilines is 1. The molecule has 2 amide bonds. The molecule has 0 aliphatic carbocycles. The van der Waals surface area contributed by atoms with E-state index in [1.165, 1.54) is 30.0 Å². The van der Waals surface area contributed by atoms with Gasteiger partial charge in [-0.2, -0.15) is 13.2 Å². The number of halogens is 3. The minimum atomic E-state index is -4.48. The van der Waals surface area contributed by atoms with Crippen LogP contribution in [0.15, 0.2) is 72.8 Å². The Bertz CT molecular complexity index is 1130. The summed E-state index contributed by atoms with van der Waals surface area (Å²) in [7, 11) is 1.66. The van der Waals surface area contributed by atoms with E-state index in [4.69, 9.17) is 4.74 Å². The van der Waals surface area contributed by atoms with Crippen LogP contribution in [0.4, 0.5) is 18.9 Å². The second-order valence-corrected chi connectivity index (χ2v) is 7.14. The summed E-state index contributed by atoms with van der Waals surface area (Å²) >= 11 is 0. The first-order valence-corrected chi connectivity index (χ1v) is 9.69. The fraction of sp³-hybridized carbons (Fsp3) is 0.167. The van der Waals surface area contributed by atoms with Crippen molar-refractivity contribution >= 4 is 17.5 Å². The number of hydrogen-bond acceptors (Lipinski definition) is 3. The van der Waals surface area contributed by atoms with Crippen LogP contribution in [-0.2, 0) is 17.5 Å². The quantitative estimate of drug-likeness (QED) is 0.531. The van der Waals surface area contributed by atoms with Gasteiger partial charge in [0.2, 0.25) is 5.91 Å². The van der Waals surface area contributed by atoms with Gasteiger partial charge in [-0.15, -0.1) is 0 Å². The Morgan fingerprint density at radius 2 is 1.59 bits per heavy atom. The van der Waals surface area contributed by atoms with Crippen LogP contribution in [0.1, 0.15) is 28.4 Å². The number of nitrogens with zero attached hydrogens (tertiary/aromatic N) is 1. The molecule has 1 N–H and O–H groups in total. The van der Waals surface area contributed by atoms with Gasteiger partial charge in [-0.3, -0.25) is 9.59 Å². The number of rotatable bonds is 6. The van der Waals surface area contributed by atoms with E-state index >= 15 is 0 Å². The van der Waals surface area contributed by atoms with Crippen molar-refractivity contribution < 1.29 is 27.5 Å². The second-order valence-electron chi connectivity index (χ2n) is 7.14. The van der Waals surface area contributed by atoms with Crippen LogP contribution in [0.25, 0.3) is 0 Å². The Kier molecular flexibility index (Phi) is 6.82. The van der Waals surface area contributed by atoms with Crippen molar-refractivity contribution in [1.29, 1.82) is 0 Å². The number of carbonyl (C=O) groups excluding carboxylic acids is 2. The van der Waals surface area contributed by atoms with E-state index in [1.54, 1.807) is 37.4 Å². The van der Waals surface area contributed by atoms with E-state index in [9.17, 15) is 22.8 Å². The topological polar surface area (TPSA) is 58.6 Å². The molecule has 3 aromatic carbocycles. The fourth-order valence-electron chi connectivity index (χ4n) is 2.91. The summed E-state index contributed by atoms with van der Waals surface area (Å²) in [6.07, 6.45) is -4.48. The standard InChI is InChI=1S/C24H21F3N2O3/c1-16(30)29(2)15-18-7-3-4-12-22(18)28-23(31)17-8-5-10-20(13-17)32-21-11-6-9-19(14-21)24(25,26)27/h3-14H,15H2,1-2H3,(H,28,31). The lowest BCUT2D eigenvalue weighted by Gasteiger charge is -2.18. The van der Waals surface area contributed by atoms with Gasteiger partial charge >= 0.3 is 6.18 Å². The normalized spacial score (nSPS) is 11.0. The first-order valence-electron chi connectivity index (χ1n) is 9.69. The van der Waals surface area contributed by atoms with Crippen molar-refractivity contribution in [3.63, 3.8) is 0 Å². The maximum atomic E-state index is 12.9. The van der Waals surface area contributed by atoms with Gasteiger partial charge in [0.15, 0.2) is 0 Å². The monoisotopic (exact) mass is 442 g/mol. The van der Waals surface area contributed by atoms with Gasteiger partial charge < -0.3 is 15.0 Å². The molecule has 32 heavy (non-hydrogen) atoms. The molecule has 0 bridgehead atoms. The number of benzene rings is 3. The Morgan fingerprint density at radius 1 is 0.938 bits per heavy atom. The first-order chi connectivity index (χ1) is 15.1. The number of para-hydroxylation sites is 1. The molecule has 0 heterocycles. The van der Waals surface area contributed by atoms with Crippen LogP contribution >= 0.6 is 0 Å². The van der Waals surface area contributed by atoms with Gasteiger partial charge in [-0.1, -0.05) is 30.3 Å². The summed E-state index contributed by atoms with van der Waals surface area (Å²) in [6.45, 7) is 1.78. The van der Waals surface area contributed by atoms with E-state index in [-0.39, 0.29) is 23.0 Å². The fourth-order valence-corrected chi connectivity index (χ4v) is 2.91. The highest BCUT2D eigenvalue weighted by molar-refractivity contribution is 6.04. The molecule has 3 rings (SSSR count). The average Bonchev–Trinajstić information content (AvgIpc) is 2.75. The molecule has 3 aromatic rings. The zero-order valence-corrected chi connectivity index (χ0v) is 17.4. The van der Waals surface area contributed by atoms with E-state index in [1.807, 2.05) is 12.1 Å². The highest BCUT2D eigenvalue weighted by Gasteiger charge is 2.30. The van der Waals surface area contributed by atoms with Crippen molar-refractivity contribution in [2.75, 3.05) is 12.4 Å². The molecule has 8 heteroatoms. The number of ether oxygens (including phenoxy) is 1. The van der Waals surface area contributed by atoms with E-state index < -0.39 is 17.6 Å². The largest absolute Gasteiger partial charge is 0.457 e. The maximum Gasteiger partial charge on any atom is 0.416 e. The molecule has 0 saturated carbocycles. The molecule has 0 radical (unpaired) electrons. The minimum Gasteiger partial charge on any atom is -0.457 e. The van der Waals surface area contributed by atoms with Crippen LogP contribution in [0.2, 0.25) is 0 Å². The smallest absolute Gasteiger partial charge is 0.416 e. The molecule has 0 unspecified atom stereocenters. The number of nitrogens with one attached hydrogen (secondary N) is 1. The van der Waals surface area contributed by atoms with Crippen LogP contribution < -0.4 is 10.1 Å². The minimum absolute atomic E-state index is 0.00926. The maximum absolute atomic E-state index is 12.9. The summed E-state index contributed by atoms with van der Waals surface area (Å²) in [6, 6.07) is 17.8.